The Balaban J connectivity index is 1.44. The Hall–Kier alpha value is -1.56. The lowest BCUT2D eigenvalue weighted by Crippen LogP contribution is -2.23. The smallest absolute Gasteiger partial charge is 0.261 e. The van der Waals surface area contributed by atoms with Crippen LogP contribution in [0.5, 0.6) is 5.75 Å². The number of rotatable bonds is 6. The van der Waals surface area contributed by atoms with E-state index in [4.69, 9.17) is 21.4 Å². The monoisotopic (exact) mass is 405 g/mol. The van der Waals surface area contributed by atoms with Crippen LogP contribution in [0.2, 0.25) is 5.02 Å². The van der Waals surface area contributed by atoms with Crippen molar-refractivity contribution in [3.05, 3.63) is 49.7 Å². The van der Waals surface area contributed by atoms with E-state index in [9.17, 15) is 4.79 Å². The molecule has 0 bridgehead atoms. The molecule has 2 aromatic rings. The fourth-order valence-electron chi connectivity index (χ4n) is 4.50. The van der Waals surface area contributed by atoms with Crippen molar-refractivity contribution >= 4 is 28.8 Å². The van der Waals surface area contributed by atoms with Gasteiger partial charge in [0.15, 0.2) is 0 Å². The van der Waals surface area contributed by atoms with E-state index in [1.807, 2.05) is 6.07 Å². The van der Waals surface area contributed by atoms with Crippen LogP contribution in [0.15, 0.2) is 18.2 Å². The normalized spacial score (nSPS) is 21.5. The second-order valence-electron chi connectivity index (χ2n) is 8.00. The molecule has 1 aromatic carbocycles. The van der Waals surface area contributed by atoms with Gasteiger partial charge in [-0.25, -0.2) is 0 Å². The van der Waals surface area contributed by atoms with E-state index in [0.717, 1.165) is 16.9 Å². The molecule has 1 heterocycles. The van der Waals surface area contributed by atoms with E-state index in [2.05, 4.69) is 26.1 Å². The number of aryl methyl sites for hydroxylation is 1. The van der Waals surface area contributed by atoms with Crippen LogP contribution in [-0.2, 0) is 13.0 Å². The maximum absolute atomic E-state index is 12.8. The van der Waals surface area contributed by atoms with Crippen molar-refractivity contribution in [2.24, 2.45) is 11.3 Å². The van der Waals surface area contributed by atoms with Crippen molar-refractivity contribution < 1.29 is 14.6 Å². The van der Waals surface area contributed by atoms with E-state index in [0.29, 0.717) is 34.6 Å². The Bertz CT molecular complexity index is 905. The summed E-state index contributed by atoms with van der Waals surface area (Å²) in [6, 6.07) is 5.35. The number of hydrogen-bond acceptors (Lipinski definition) is 4. The minimum atomic E-state index is -0.0428. The first-order valence-corrected chi connectivity index (χ1v) is 10.5. The van der Waals surface area contributed by atoms with E-state index < -0.39 is 0 Å². The molecule has 2 atom stereocenters. The summed E-state index contributed by atoms with van der Waals surface area (Å²) in [6.45, 7) is 7.37. The van der Waals surface area contributed by atoms with Crippen LogP contribution in [0, 0.1) is 18.3 Å². The Morgan fingerprint density at radius 3 is 2.93 bits per heavy atom. The van der Waals surface area contributed by atoms with Gasteiger partial charge in [0, 0.05) is 16.4 Å². The summed E-state index contributed by atoms with van der Waals surface area (Å²) in [6.07, 6.45) is 1.03. The number of carbonyl (C=O) groups excluding carboxylic acids is 1. The first kappa shape index (κ1) is 18.8. The van der Waals surface area contributed by atoms with Crippen LogP contribution in [0.1, 0.15) is 51.0 Å². The number of benzene rings is 1. The third kappa shape index (κ3) is 3.16. The van der Waals surface area contributed by atoms with Crippen LogP contribution in [-0.4, -0.2) is 24.2 Å². The Morgan fingerprint density at radius 2 is 2.22 bits per heavy atom. The molecule has 4 nitrogen and oxygen atoms in total. The van der Waals surface area contributed by atoms with Gasteiger partial charge in [-0.1, -0.05) is 31.5 Å². The number of aliphatic hydroxyl groups is 1. The fraction of sp³-hybridized carbons (Fsp3) is 0.476. The highest BCUT2D eigenvalue weighted by Crippen LogP contribution is 2.71. The quantitative estimate of drug-likeness (QED) is 0.753. The number of nitrogens with one attached hydrogen (secondary N) is 1. The molecule has 0 saturated heterocycles. The number of amides is 1. The molecule has 1 amide bonds. The Kier molecular flexibility index (Phi) is 4.73. The van der Waals surface area contributed by atoms with Crippen molar-refractivity contribution in [2.45, 2.75) is 39.7 Å². The molecular weight excluding hydrogens is 382 g/mol. The molecule has 0 aliphatic heterocycles. The second kappa shape index (κ2) is 6.80. The Labute approximate surface area is 168 Å². The van der Waals surface area contributed by atoms with E-state index in [1.165, 1.54) is 16.0 Å². The SMILES string of the molecule is Cc1sc(C(=O)NCc2ccc(OCCO)cc2Cl)c2c1[C@H]1[C@@H](C2)C1(C)C. The highest BCUT2D eigenvalue weighted by Gasteiger charge is 2.63. The molecule has 2 aliphatic rings. The number of thiophene rings is 1. The summed E-state index contributed by atoms with van der Waals surface area (Å²) in [7, 11) is 0. The molecule has 0 radical (unpaired) electrons. The van der Waals surface area contributed by atoms with Crippen LogP contribution in [0.4, 0.5) is 0 Å². The van der Waals surface area contributed by atoms with Gasteiger partial charge in [-0.15, -0.1) is 11.3 Å². The number of carbonyl (C=O) groups is 1. The third-order valence-electron chi connectivity index (χ3n) is 6.05. The number of fused-ring (bicyclic) bond motifs is 3. The van der Waals surface area contributed by atoms with Gasteiger partial charge >= 0.3 is 0 Å². The molecule has 144 valence electrons. The predicted octanol–water partition coefficient (Wildman–Crippen LogP) is 4.31. The maximum atomic E-state index is 12.8. The van der Waals surface area contributed by atoms with E-state index in [-0.39, 0.29) is 19.1 Å². The van der Waals surface area contributed by atoms with Crippen LogP contribution in [0.25, 0.3) is 0 Å². The molecule has 27 heavy (non-hydrogen) atoms. The second-order valence-corrected chi connectivity index (χ2v) is 9.63. The van der Waals surface area contributed by atoms with Crippen molar-refractivity contribution in [1.29, 1.82) is 0 Å². The summed E-state index contributed by atoms with van der Waals surface area (Å²) in [4.78, 5) is 15.0. The average Bonchev–Trinajstić information content (AvgIpc) is 2.96. The van der Waals surface area contributed by atoms with Crippen LogP contribution >= 0.6 is 22.9 Å². The van der Waals surface area contributed by atoms with Gasteiger partial charge in [0.25, 0.3) is 5.91 Å². The molecule has 1 saturated carbocycles. The van der Waals surface area contributed by atoms with Crippen molar-refractivity contribution in [1.82, 2.24) is 5.32 Å². The molecule has 1 aromatic heterocycles. The zero-order chi connectivity index (χ0) is 19.3. The number of halogens is 1. The van der Waals surface area contributed by atoms with Gasteiger partial charge in [0.2, 0.25) is 0 Å². The molecule has 2 N–H and O–H groups in total. The zero-order valence-corrected chi connectivity index (χ0v) is 17.3. The van der Waals surface area contributed by atoms with E-state index >= 15 is 0 Å². The molecule has 2 aliphatic carbocycles. The number of aliphatic hydroxyl groups excluding tert-OH is 1. The summed E-state index contributed by atoms with van der Waals surface area (Å²) < 4.78 is 5.35. The highest BCUT2D eigenvalue weighted by molar-refractivity contribution is 7.14. The topological polar surface area (TPSA) is 58.6 Å². The van der Waals surface area contributed by atoms with Gasteiger partial charge in [-0.05, 0) is 59.4 Å². The van der Waals surface area contributed by atoms with Gasteiger partial charge in [0.1, 0.15) is 12.4 Å². The third-order valence-corrected chi connectivity index (χ3v) is 7.56. The van der Waals surface area contributed by atoms with Crippen LogP contribution < -0.4 is 10.1 Å². The van der Waals surface area contributed by atoms with Crippen molar-refractivity contribution in [3.63, 3.8) is 0 Å². The molecule has 0 unspecified atom stereocenters. The lowest BCUT2D eigenvalue weighted by molar-refractivity contribution is 0.0954. The van der Waals surface area contributed by atoms with Gasteiger partial charge < -0.3 is 15.2 Å². The summed E-state index contributed by atoms with van der Waals surface area (Å²) in [5.74, 6) is 1.92. The maximum Gasteiger partial charge on any atom is 0.261 e. The first-order valence-electron chi connectivity index (χ1n) is 9.27. The van der Waals surface area contributed by atoms with Crippen LogP contribution in [0.3, 0.4) is 0 Å². The van der Waals surface area contributed by atoms with Gasteiger partial charge in [0.05, 0.1) is 11.5 Å². The average molecular weight is 406 g/mol. The molecule has 0 spiro atoms. The summed E-state index contributed by atoms with van der Waals surface area (Å²) in [5.41, 5.74) is 3.93. The fourth-order valence-corrected chi connectivity index (χ4v) is 5.88. The zero-order valence-electron chi connectivity index (χ0n) is 15.8. The van der Waals surface area contributed by atoms with Gasteiger partial charge in [-0.2, -0.15) is 0 Å². The first-order chi connectivity index (χ1) is 12.8. The van der Waals surface area contributed by atoms with Crippen molar-refractivity contribution in [3.8, 4) is 5.75 Å². The molecule has 1 fully saturated rings. The lowest BCUT2D eigenvalue weighted by Gasteiger charge is -2.11. The van der Waals surface area contributed by atoms with Gasteiger partial charge in [-0.3, -0.25) is 4.79 Å². The highest BCUT2D eigenvalue weighted by atomic mass is 35.5. The van der Waals surface area contributed by atoms with E-state index in [1.54, 1.807) is 23.5 Å². The predicted molar refractivity (Wildman–Crippen MR) is 108 cm³/mol. The molecular formula is C21H24ClNO3S. The summed E-state index contributed by atoms with van der Waals surface area (Å²) in [5, 5.41) is 12.4. The van der Waals surface area contributed by atoms with Crippen molar-refractivity contribution in [2.75, 3.05) is 13.2 Å². The largest absolute Gasteiger partial charge is 0.491 e. The molecule has 4 rings (SSSR count). The lowest BCUT2D eigenvalue weighted by atomic mass is 9.95. The standard InChI is InChI=1S/C21H24ClNO3S/c1-11-17-14(9-15-18(17)21(15,2)3)19(27-11)20(25)23-10-12-4-5-13(8-16(12)22)26-7-6-24/h4-5,8,15,18,24H,6-7,9-10H2,1-3H3,(H,23,25)/t15-,18-/m1/s1. The minimum Gasteiger partial charge on any atom is -0.491 e. The number of hydrogen-bond donors (Lipinski definition) is 2. The molecule has 6 heteroatoms. The summed E-state index contributed by atoms with van der Waals surface area (Å²) >= 11 is 7.92. The number of ether oxygens (including phenoxy) is 1. The minimum absolute atomic E-state index is 0.0138. The Morgan fingerprint density at radius 1 is 1.44 bits per heavy atom.